The molecular formula is C17H16F2O3. The summed E-state index contributed by atoms with van der Waals surface area (Å²) in [5.74, 6) is -0.686. The highest BCUT2D eigenvalue weighted by Gasteiger charge is 2.10. The predicted octanol–water partition coefficient (Wildman–Crippen LogP) is 3.90. The van der Waals surface area contributed by atoms with Crippen molar-refractivity contribution in [3.8, 4) is 5.75 Å². The van der Waals surface area contributed by atoms with Gasteiger partial charge in [-0.15, -0.1) is 0 Å². The molecule has 0 fully saturated rings. The van der Waals surface area contributed by atoms with Crippen LogP contribution < -0.4 is 4.74 Å². The van der Waals surface area contributed by atoms with Crippen molar-refractivity contribution in [3.05, 3.63) is 65.2 Å². The average molecular weight is 306 g/mol. The van der Waals surface area contributed by atoms with Gasteiger partial charge in [0.25, 0.3) is 0 Å². The summed E-state index contributed by atoms with van der Waals surface area (Å²) in [7, 11) is 0. The maximum Gasteiger partial charge on any atom is 0.387 e. The molecule has 0 radical (unpaired) electrons. The lowest BCUT2D eigenvalue weighted by molar-refractivity contribution is -0.136. The van der Waals surface area contributed by atoms with Gasteiger partial charge in [-0.05, 0) is 29.2 Å². The number of benzene rings is 2. The van der Waals surface area contributed by atoms with Crippen molar-refractivity contribution in [3.63, 3.8) is 0 Å². The zero-order valence-corrected chi connectivity index (χ0v) is 11.8. The van der Waals surface area contributed by atoms with Gasteiger partial charge in [-0.2, -0.15) is 8.78 Å². The van der Waals surface area contributed by atoms with Gasteiger partial charge in [-0.3, -0.25) is 4.79 Å². The molecule has 5 heteroatoms. The number of aryl methyl sites for hydroxylation is 1. The first-order valence-electron chi connectivity index (χ1n) is 6.87. The fourth-order valence-electron chi connectivity index (χ4n) is 2.23. The number of rotatable bonds is 7. The highest BCUT2D eigenvalue weighted by Crippen LogP contribution is 2.23. The average Bonchev–Trinajstić information content (AvgIpc) is 2.47. The Bertz CT molecular complexity index is 641. The number of carboxylic acid groups (broad SMARTS) is 1. The first kappa shape index (κ1) is 15.9. The van der Waals surface area contributed by atoms with Gasteiger partial charge in [0, 0.05) is 12.8 Å². The number of carboxylic acids is 1. The van der Waals surface area contributed by atoms with E-state index in [1.807, 2.05) is 24.3 Å². The van der Waals surface area contributed by atoms with Gasteiger partial charge in [0.2, 0.25) is 0 Å². The van der Waals surface area contributed by atoms with Gasteiger partial charge < -0.3 is 9.84 Å². The number of hydrogen-bond acceptors (Lipinski definition) is 2. The lowest BCUT2D eigenvalue weighted by Crippen LogP contribution is -2.04. The number of carbonyl (C=O) groups is 1. The number of halogens is 2. The van der Waals surface area contributed by atoms with Crippen molar-refractivity contribution in [2.75, 3.05) is 0 Å². The largest absolute Gasteiger partial charge is 0.481 e. The molecule has 0 atom stereocenters. The van der Waals surface area contributed by atoms with Gasteiger partial charge in [0.15, 0.2) is 0 Å². The second-order valence-electron chi connectivity index (χ2n) is 4.88. The molecule has 0 aromatic heterocycles. The normalized spacial score (nSPS) is 10.7. The second-order valence-corrected chi connectivity index (χ2v) is 4.88. The van der Waals surface area contributed by atoms with E-state index in [0.717, 1.165) is 11.1 Å². The molecule has 0 spiro atoms. The highest BCUT2D eigenvalue weighted by atomic mass is 19.3. The molecule has 2 rings (SSSR count). The van der Waals surface area contributed by atoms with Crippen LogP contribution in [0.4, 0.5) is 8.78 Å². The van der Waals surface area contributed by atoms with Crippen LogP contribution in [0.15, 0.2) is 48.5 Å². The zero-order chi connectivity index (χ0) is 15.9. The van der Waals surface area contributed by atoms with Gasteiger partial charge in [-0.1, -0.05) is 42.5 Å². The first-order valence-corrected chi connectivity index (χ1v) is 6.87. The Morgan fingerprint density at radius 3 is 2.55 bits per heavy atom. The van der Waals surface area contributed by atoms with E-state index in [1.54, 1.807) is 18.2 Å². The molecule has 0 amide bonds. The highest BCUT2D eigenvalue weighted by molar-refractivity contribution is 5.67. The van der Waals surface area contributed by atoms with Crippen LogP contribution in [0.3, 0.4) is 0 Å². The van der Waals surface area contributed by atoms with Crippen molar-refractivity contribution in [2.45, 2.75) is 25.9 Å². The third-order valence-electron chi connectivity index (χ3n) is 3.20. The van der Waals surface area contributed by atoms with Crippen LogP contribution >= 0.6 is 0 Å². The maximum absolute atomic E-state index is 12.4. The van der Waals surface area contributed by atoms with Gasteiger partial charge in [-0.25, -0.2) is 0 Å². The van der Waals surface area contributed by atoms with E-state index in [0.29, 0.717) is 18.4 Å². The van der Waals surface area contributed by atoms with Crippen molar-refractivity contribution in [1.82, 2.24) is 0 Å². The summed E-state index contributed by atoms with van der Waals surface area (Å²) in [4.78, 5) is 10.6. The quantitative estimate of drug-likeness (QED) is 0.844. The molecule has 0 aliphatic rings. The topological polar surface area (TPSA) is 46.5 Å². The number of aliphatic carboxylic acids is 1. The molecule has 0 heterocycles. The Hall–Kier alpha value is -2.43. The molecular weight excluding hydrogens is 290 g/mol. The fraction of sp³-hybridized carbons (Fsp3) is 0.235. The molecule has 1 N–H and O–H groups in total. The van der Waals surface area contributed by atoms with E-state index < -0.39 is 12.6 Å². The molecule has 2 aromatic rings. The van der Waals surface area contributed by atoms with Crippen LogP contribution in [0.1, 0.15) is 23.1 Å². The molecule has 0 saturated heterocycles. The van der Waals surface area contributed by atoms with E-state index in [9.17, 15) is 13.6 Å². The van der Waals surface area contributed by atoms with Crippen molar-refractivity contribution in [1.29, 1.82) is 0 Å². The van der Waals surface area contributed by atoms with Crippen molar-refractivity contribution < 1.29 is 23.4 Å². The van der Waals surface area contributed by atoms with Gasteiger partial charge in [0.05, 0.1) is 0 Å². The van der Waals surface area contributed by atoms with Crippen LogP contribution in [0.5, 0.6) is 5.75 Å². The van der Waals surface area contributed by atoms with Crippen LogP contribution in [-0.2, 0) is 17.6 Å². The van der Waals surface area contributed by atoms with E-state index in [2.05, 4.69) is 4.74 Å². The van der Waals surface area contributed by atoms with Crippen LogP contribution in [0, 0.1) is 0 Å². The molecule has 22 heavy (non-hydrogen) atoms. The predicted molar refractivity (Wildman–Crippen MR) is 78.3 cm³/mol. The fourth-order valence-corrected chi connectivity index (χ4v) is 2.23. The smallest absolute Gasteiger partial charge is 0.387 e. The molecule has 3 nitrogen and oxygen atoms in total. The third kappa shape index (κ3) is 4.84. The Labute approximate surface area is 127 Å². The van der Waals surface area contributed by atoms with Gasteiger partial charge in [0.1, 0.15) is 5.75 Å². The second kappa shape index (κ2) is 7.54. The molecule has 0 bridgehead atoms. The van der Waals surface area contributed by atoms with Crippen LogP contribution in [0.25, 0.3) is 0 Å². The molecule has 0 unspecified atom stereocenters. The van der Waals surface area contributed by atoms with Crippen molar-refractivity contribution >= 4 is 5.97 Å². The van der Waals surface area contributed by atoms with Crippen molar-refractivity contribution in [2.24, 2.45) is 0 Å². The minimum atomic E-state index is -2.86. The number of ether oxygens (including phenoxy) is 1. The molecule has 0 aliphatic carbocycles. The Kier molecular flexibility index (Phi) is 5.47. The van der Waals surface area contributed by atoms with E-state index in [-0.39, 0.29) is 12.2 Å². The summed E-state index contributed by atoms with van der Waals surface area (Å²) < 4.78 is 29.3. The van der Waals surface area contributed by atoms with E-state index in [1.165, 1.54) is 6.07 Å². The van der Waals surface area contributed by atoms with Crippen LogP contribution in [-0.4, -0.2) is 17.7 Å². The SMILES string of the molecule is O=C(O)CCc1cccc(Cc2ccccc2OC(F)F)c1. The van der Waals surface area contributed by atoms with E-state index in [4.69, 9.17) is 5.11 Å². The lowest BCUT2D eigenvalue weighted by Gasteiger charge is -2.11. The molecule has 2 aromatic carbocycles. The Morgan fingerprint density at radius 2 is 1.82 bits per heavy atom. The molecule has 0 aliphatic heterocycles. The number of para-hydroxylation sites is 1. The zero-order valence-electron chi connectivity index (χ0n) is 11.8. The molecule has 0 saturated carbocycles. The lowest BCUT2D eigenvalue weighted by atomic mass is 10.0. The van der Waals surface area contributed by atoms with Gasteiger partial charge >= 0.3 is 12.6 Å². The maximum atomic E-state index is 12.4. The van der Waals surface area contributed by atoms with E-state index >= 15 is 0 Å². The summed E-state index contributed by atoms with van der Waals surface area (Å²) in [6.45, 7) is -2.86. The molecule has 116 valence electrons. The standard InChI is InChI=1S/C17H16F2O3/c18-17(19)22-15-7-2-1-6-14(15)11-13-5-3-4-12(10-13)8-9-16(20)21/h1-7,10,17H,8-9,11H2,(H,20,21). The Morgan fingerprint density at radius 1 is 1.09 bits per heavy atom. The van der Waals surface area contributed by atoms with Crippen LogP contribution in [0.2, 0.25) is 0 Å². The summed E-state index contributed by atoms with van der Waals surface area (Å²) in [5, 5.41) is 8.71. The number of hydrogen-bond donors (Lipinski definition) is 1. The summed E-state index contributed by atoms with van der Waals surface area (Å²) in [6, 6.07) is 14.1. The first-order chi connectivity index (χ1) is 10.5. The third-order valence-corrected chi connectivity index (χ3v) is 3.20. The summed E-state index contributed by atoms with van der Waals surface area (Å²) in [5.41, 5.74) is 2.50. The summed E-state index contributed by atoms with van der Waals surface area (Å²) in [6.07, 6.45) is 0.955. The minimum Gasteiger partial charge on any atom is -0.481 e. The monoisotopic (exact) mass is 306 g/mol. The number of alkyl halides is 2. The minimum absolute atomic E-state index is 0.0640. The Balaban J connectivity index is 2.13. The summed E-state index contributed by atoms with van der Waals surface area (Å²) >= 11 is 0.